The van der Waals surface area contributed by atoms with E-state index < -0.39 is 0 Å². The molecule has 5 heteroatoms. The lowest BCUT2D eigenvalue weighted by atomic mass is 10.1. The van der Waals surface area contributed by atoms with E-state index >= 15 is 0 Å². The van der Waals surface area contributed by atoms with Gasteiger partial charge in [0.2, 0.25) is 0 Å². The van der Waals surface area contributed by atoms with Crippen LogP contribution in [0.4, 0.5) is 0 Å². The number of H-pyrrole nitrogens is 1. The minimum atomic E-state index is -0.0643. The Labute approximate surface area is 104 Å². The fourth-order valence-electron chi connectivity index (χ4n) is 2.14. The number of hydrogen-bond donors (Lipinski definition) is 2. The van der Waals surface area contributed by atoms with Gasteiger partial charge in [-0.15, -0.1) is 0 Å². The number of aromatic nitrogens is 3. The molecule has 0 amide bonds. The lowest BCUT2D eigenvalue weighted by molar-refractivity contribution is 0.621. The van der Waals surface area contributed by atoms with Crippen molar-refractivity contribution in [2.75, 3.05) is 6.54 Å². The van der Waals surface area contributed by atoms with Crippen molar-refractivity contribution >= 4 is 0 Å². The number of fused-ring (bicyclic) bond motifs is 1. The van der Waals surface area contributed by atoms with Crippen molar-refractivity contribution in [3.05, 3.63) is 45.5 Å². The van der Waals surface area contributed by atoms with Crippen LogP contribution in [-0.2, 0) is 13.0 Å². The molecule has 0 radical (unpaired) electrons. The van der Waals surface area contributed by atoms with Crippen LogP contribution in [0.1, 0.15) is 16.8 Å². The SMILES string of the molecule is Cc1ccnc(-c2nc3c(c(=O)[nH]2)CNCC3)c1. The third-order valence-electron chi connectivity index (χ3n) is 3.10. The van der Waals surface area contributed by atoms with Gasteiger partial charge in [0, 0.05) is 25.7 Å². The Morgan fingerprint density at radius 3 is 3.11 bits per heavy atom. The van der Waals surface area contributed by atoms with Gasteiger partial charge in [0.15, 0.2) is 5.82 Å². The molecule has 0 atom stereocenters. The lowest BCUT2D eigenvalue weighted by Gasteiger charge is -2.15. The molecule has 0 saturated carbocycles. The summed E-state index contributed by atoms with van der Waals surface area (Å²) in [5.41, 5.74) is 3.38. The molecule has 0 saturated heterocycles. The van der Waals surface area contributed by atoms with Gasteiger partial charge in [0.1, 0.15) is 5.69 Å². The number of rotatable bonds is 1. The Hall–Kier alpha value is -2.01. The Balaban J connectivity index is 2.14. The van der Waals surface area contributed by atoms with Crippen molar-refractivity contribution < 1.29 is 0 Å². The topological polar surface area (TPSA) is 70.7 Å². The standard InChI is InChI=1S/C13H14N4O/c1-8-2-5-15-11(6-8)12-16-10-3-4-14-7-9(10)13(18)17-12/h2,5-6,14H,3-4,7H2,1H3,(H,16,17,18). The highest BCUT2D eigenvalue weighted by Gasteiger charge is 2.16. The zero-order valence-electron chi connectivity index (χ0n) is 10.2. The average molecular weight is 242 g/mol. The number of pyridine rings is 1. The third-order valence-corrected chi connectivity index (χ3v) is 3.10. The molecule has 2 aromatic rings. The van der Waals surface area contributed by atoms with Gasteiger partial charge < -0.3 is 10.3 Å². The van der Waals surface area contributed by atoms with Crippen LogP contribution in [0, 0.1) is 6.92 Å². The molecule has 2 N–H and O–H groups in total. The van der Waals surface area contributed by atoms with Gasteiger partial charge in [0.25, 0.3) is 5.56 Å². The summed E-state index contributed by atoms with van der Waals surface area (Å²) in [5, 5.41) is 3.17. The van der Waals surface area contributed by atoms with Crippen molar-refractivity contribution in [2.45, 2.75) is 19.9 Å². The van der Waals surface area contributed by atoms with Crippen LogP contribution in [0.5, 0.6) is 0 Å². The summed E-state index contributed by atoms with van der Waals surface area (Å²) < 4.78 is 0. The molecule has 0 bridgehead atoms. The molecular weight excluding hydrogens is 228 g/mol. The highest BCUT2D eigenvalue weighted by atomic mass is 16.1. The molecule has 0 aliphatic carbocycles. The first kappa shape index (κ1) is 11.1. The minimum absolute atomic E-state index is 0.0643. The van der Waals surface area contributed by atoms with Crippen LogP contribution >= 0.6 is 0 Å². The Morgan fingerprint density at radius 2 is 2.28 bits per heavy atom. The van der Waals surface area contributed by atoms with E-state index in [2.05, 4.69) is 20.3 Å². The van der Waals surface area contributed by atoms with Crippen molar-refractivity contribution in [1.82, 2.24) is 20.3 Å². The van der Waals surface area contributed by atoms with Crippen LogP contribution in [0.2, 0.25) is 0 Å². The number of aromatic amines is 1. The molecule has 3 heterocycles. The summed E-state index contributed by atoms with van der Waals surface area (Å²) in [6.07, 6.45) is 2.52. The van der Waals surface area contributed by atoms with Gasteiger partial charge in [-0.1, -0.05) is 0 Å². The minimum Gasteiger partial charge on any atom is -0.312 e. The van der Waals surface area contributed by atoms with Crippen molar-refractivity contribution in [1.29, 1.82) is 0 Å². The Kier molecular flexibility index (Phi) is 2.68. The zero-order chi connectivity index (χ0) is 12.5. The maximum absolute atomic E-state index is 12.0. The predicted molar refractivity (Wildman–Crippen MR) is 68.2 cm³/mol. The first-order valence-corrected chi connectivity index (χ1v) is 6.00. The number of hydrogen-bond acceptors (Lipinski definition) is 4. The molecule has 0 fully saturated rings. The molecule has 0 aromatic carbocycles. The molecule has 3 rings (SSSR count). The van der Waals surface area contributed by atoms with E-state index in [4.69, 9.17) is 0 Å². The summed E-state index contributed by atoms with van der Waals surface area (Å²) in [7, 11) is 0. The Morgan fingerprint density at radius 1 is 1.39 bits per heavy atom. The first-order chi connectivity index (χ1) is 8.74. The normalized spacial score (nSPS) is 14.3. The second-order valence-electron chi connectivity index (χ2n) is 4.48. The van der Waals surface area contributed by atoms with Gasteiger partial charge >= 0.3 is 0 Å². The highest BCUT2D eigenvalue weighted by molar-refractivity contribution is 5.50. The zero-order valence-corrected chi connectivity index (χ0v) is 10.2. The van der Waals surface area contributed by atoms with E-state index in [0.717, 1.165) is 29.8 Å². The van der Waals surface area contributed by atoms with Gasteiger partial charge in [-0.3, -0.25) is 9.78 Å². The van der Waals surface area contributed by atoms with Gasteiger partial charge in [-0.2, -0.15) is 0 Å². The summed E-state index contributed by atoms with van der Waals surface area (Å²) in [6, 6.07) is 3.84. The molecule has 1 aliphatic rings. The summed E-state index contributed by atoms with van der Waals surface area (Å²) >= 11 is 0. The molecule has 0 unspecified atom stereocenters. The maximum atomic E-state index is 12.0. The highest BCUT2D eigenvalue weighted by Crippen LogP contribution is 2.14. The summed E-state index contributed by atoms with van der Waals surface area (Å²) in [5.74, 6) is 0.560. The van der Waals surface area contributed by atoms with E-state index in [9.17, 15) is 4.79 Å². The molecule has 0 spiro atoms. The second kappa shape index (κ2) is 4.34. The van der Waals surface area contributed by atoms with E-state index in [1.165, 1.54) is 0 Å². The lowest BCUT2D eigenvalue weighted by Crippen LogP contribution is -2.31. The summed E-state index contributed by atoms with van der Waals surface area (Å²) in [4.78, 5) is 23.6. The Bertz CT molecular complexity index is 648. The smallest absolute Gasteiger partial charge is 0.255 e. The molecule has 92 valence electrons. The molecule has 5 nitrogen and oxygen atoms in total. The van der Waals surface area contributed by atoms with Crippen LogP contribution < -0.4 is 10.9 Å². The van der Waals surface area contributed by atoms with Crippen LogP contribution in [-0.4, -0.2) is 21.5 Å². The first-order valence-electron chi connectivity index (χ1n) is 6.00. The average Bonchev–Trinajstić information content (AvgIpc) is 2.39. The van der Waals surface area contributed by atoms with Crippen molar-refractivity contribution in [3.8, 4) is 11.5 Å². The molecule has 18 heavy (non-hydrogen) atoms. The van der Waals surface area contributed by atoms with E-state index in [1.54, 1.807) is 6.20 Å². The monoisotopic (exact) mass is 242 g/mol. The van der Waals surface area contributed by atoms with Crippen molar-refractivity contribution in [3.63, 3.8) is 0 Å². The molecule has 1 aliphatic heterocycles. The maximum Gasteiger partial charge on any atom is 0.255 e. The van der Waals surface area contributed by atoms with Gasteiger partial charge in [-0.05, 0) is 24.6 Å². The summed E-state index contributed by atoms with van der Waals surface area (Å²) in [6.45, 7) is 3.45. The third kappa shape index (κ3) is 1.93. The fourth-order valence-corrected chi connectivity index (χ4v) is 2.14. The fraction of sp³-hybridized carbons (Fsp3) is 0.308. The number of aryl methyl sites for hydroxylation is 1. The van der Waals surface area contributed by atoms with E-state index in [1.807, 2.05) is 19.1 Å². The van der Waals surface area contributed by atoms with Crippen LogP contribution in [0.25, 0.3) is 11.5 Å². The van der Waals surface area contributed by atoms with Crippen LogP contribution in [0.3, 0.4) is 0 Å². The van der Waals surface area contributed by atoms with Gasteiger partial charge in [-0.25, -0.2) is 4.98 Å². The molecular formula is C13H14N4O. The van der Waals surface area contributed by atoms with E-state index in [-0.39, 0.29) is 5.56 Å². The largest absolute Gasteiger partial charge is 0.312 e. The quantitative estimate of drug-likeness (QED) is 0.775. The predicted octanol–water partition coefficient (Wildman–Crippen LogP) is 0.786. The molecule has 2 aromatic heterocycles. The van der Waals surface area contributed by atoms with Gasteiger partial charge in [0.05, 0.1) is 11.3 Å². The van der Waals surface area contributed by atoms with Crippen LogP contribution in [0.15, 0.2) is 23.1 Å². The number of nitrogens with zero attached hydrogens (tertiary/aromatic N) is 2. The number of nitrogens with one attached hydrogen (secondary N) is 2. The van der Waals surface area contributed by atoms with Crippen molar-refractivity contribution in [2.24, 2.45) is 0 Å². The second-order valence-corrected chi connectivity index (χ2v) is 4.48. The van der Waals surface area contributed by atoms with E-state index in [0.29, 0.717) is 18.1 Å².